The van der Waals surface area contributed by atoms with Crippen molar-refractivity contribution < 1.29 is 24.2 Å². The summed E-state index contributed by atoms with van der Waals surface area (Å²) in [5, 5.41) is 7.42. The maximum Gasteiger partial charge on any atom is 0.300 e. The number of amides is 2. The van der Waals surface area contributed by atoms with Crippen LogP contribution in [-0.2, 0) is 19.1 Å². The van der Waals surface area contributed by atoms with Crippen molar-refractivity contribution in [1.82, 2.24) is 4.90 Å². The van der Waals surface area contributed by atoms with Gasteiger partial charge >= 0.3 is 0 Å². The molecule has 2 amide bonds. The molecular weight excluding hydrogens is 228 g/mol. The predicted molar refractivity (Wildman–Crippen MR) is 59.1 cm³/mol. The van der Waals surface area contributed by atoms with E-state index in [1.807, 2.05) is 0 Å². The number of hydrogen-bond acceptors (Lipinski definition) is 5. The Morgan fingerprint density at radius 2 is 2.12 bits per heavy atom. The standard InChI is InChI=1S/C8H14N2O3.C2H4O2/c1-13-5-4-10-7(11)3-2-6(9)8(10)12;1-2(3)4/h6H,2-5,9H2,1H3;1H3,(H,3,4). The second-order valence-corrected chi connectivity index (χ2v) is 3.54. The second kappa shape index (κ2) is 7.75. The highest BCUT2D eigenvalue weighted by molar-refractivity contribution is 6.00. The summed E-state index contributed by atoms with van der Waals surface area (Å²) in [4.78, 5) is 32.8. The zero-order valence-corrected chi connectivity index (χ0v) is 10.0. The average molecular weight is 246 g/mol. The van der Waals surface area contributed by atoms with Gasteiger partial charge < -0.3 is 15.6 Å². The average Bonchev–Trinajstić information content (AvgIpc) is 2.23. The van der Waals surface area contributed by atoms with Gasteiger partial charge in [-0.2, -0.15) is 0 Å². The lowest BCUT2D eigenvalue weighted by Gasteiger charge is -2.28. The third kappa shape index (κ3) is 5.98. The van der Waals surface area contributed by atoms with Crippen molar-refractivity contribution in [1.29, 1.82) is 0 Å². The first-order valence-corrected chi connectivity index (χ1v) is 5.18. The second-order valence-electron chi connectivity index (χ2n) is 3.54. The Kier molecular flexibility index (Phi) is 7.08. The first-order valence-electron chi connectivity index (χ1n) is 5.18. The molecule has 0 radical (unpaired) electrons. The first kappa shape index (κ1) is 15.5. The normalized spacial score (nSPS) is 19.7. The Morgan fingerprint density at radius 3 is 2.59 bits per heavy atom. The van der Waals surface area contributed by atoms with Gasteiger partial charge in [0, 0.05) is 20.5 Å². The minimum atomic E-state index is -0.833. The summed E-state index contributed by atoms with van der Waals surface area (Å²) in [6.45, 7) is 1.76. The van der Waals surface area contributed by atoms with E-state index in [2.05, 4.69) is 0 Å². The number of methoxy groups -OCH3 is 1. The number of aliphatic carboxylic acids is 1. The molecule has 1 heterocycles. The van der Waals surface area contributed by atoms with Crippen LogP contribution in [0.2, 0.25) is 0 Å². The number of rotatable bonds is 3. The maximum absolute atomic E-state index is 11.4. The number of carboxylic acid groups (broad SMARTS) is 1. The van der Waals surface area contributed by atoms with Gasteiger partial charge in [0.25, 0.3) is 5.97 Å². The van der Waals surface area contributed by atoms with Crippen molar-refractivity contribution in [3.05, 3.63) is 0 Å². The number of likely N-dealkylation sites (tertiary alicyclic amines) is 1. The molecule has 7 nitrogen and oxygen atoms in total. The number of piperidine rings is 1. The Labute approximate surface area is 99.5 Å². The lowest BCUT2D eigenvalue weighted by molar-refractivity contribution is -0.149. The van der Waals surface area contributed by atoms with E-state index in [-0.39, 0.29) is 11.8 Å². The summed E-state index contributed by atoms with van der Waals surface area (Å²) in [5.74, 6) is -1.27. The molecule has 1 unspecified atom stereocenters. The molecule has 17 heavy (non-hydrogen) atoms. The smallest absolute Gasteiger partial charge is 0.300 e. The number of carbonyl (C=O) groups is 3. The molecule has 1 fully saturated rings. The van der Waals surface area contributed by atoms with Gasteiger partial charge in [0.1, 0.15) is 0 Å². The van der Waals surface area contributed by atoms with Gasteiger partial charge in [0.2, 0.25) is 11.8 Å². The highest BCUT2D eigenvalue weighted by Gasteiger charge is 2.31. The van der Waals surface area contributed by atoms with Crippen molar-refractivity contribution in [3.8, 4) is 0 Å². The summed E-state index contributed by atoms with van der Waals surface area (Å²) in [6.07, 6.45) is 0.817. The molecule has 1 rings (SSSR count). The van der Waals surface area contributed by atoms with Crippen LogP contribution in [0.4, 0.5) is 0 Å². The highest BCUT2D eigenvalue weighted by atomic mass is 16.5. The van der Waals surface area contributed by atoms with Crippen LogP contribution in [0.1, 0.15) is 19.8 Å². The van der Waals surface area contributed by atoms with Gasteiger partial charge in [-0.05, 0) is 6.42 Å². The van der Waals surface area contributed by atoms with Gasteiger partial charge in [-0.15, -0.1) is 0 Å². The predicted octanol–water partition coefficient (Wildman–Crippen LogP) is -0.800. The summed E-state index contributed by atoms with van der Waals surface area (Å²) >= 11 is 0. The van der Waals surface area contributed by atoms with Crippen molar-refractivity contribution in [3.63, 3.8) is 0 Å². The quantitative estimate of drug-likeness (QED) is 0.631. The number of carbonyl (C=O) groups excluding carboxylic acids is 2. The van der Waals surface area contributed by atoms with E-state index >= 15 is 0 Å². The van der Waals surface area contributed by atoms with Gasteiger partial charge in [-0.25, -0.2) is 0 Å². The van der Waals surface area contributed by atoms with Crippen molar-refractivity contribution in [2.45, 2.75) is 25.8 Å². The van der Waals surface area contributed by atoms with Crippen molar-refractivity contribution in [2.75, 3.05) is 20.3 Å². The van der Waals surface area contributed by atoms with E-state index in [0.717, 1.165) is 6.92 Å². The molecule has 1 saturated heterocycles. The van der Waals surface area contributed by atoms with Crippen LogP contribution in [0, 0.1) is 0 Å². The van der Waals surface area contributed by atoms with Crippen LogP contribution < -0.4 is 5.73 Å². The number of ether oxygens (including phenoxy) is 1. The number of nitrogens with zero attached hydrogens (tertiary/aromatic N) is 1. The molecule has 0 aliphatic carbocycles. The van der Waals surface area contributed by atoms with Gasteiger partial charge in [0.05, 0.1) is 19.2 Å². The number of carboxylic acids is 1. The molecule has 3 N–H and O–H groups in total. The fraction of sp³-hybridized carbons (Fsp3) is 0.700. The Bertz CT molecular complexity index is 288. The first-order chi connectivity index (χ1) is 7.90. The zero-order chi connectivity index (χ0) is 13.4. The molecular formula is C10H18N2O5. The third-order valence-corrected chi connectivity index (χ3v) is 2.07. The topological polar surface area (TPSA) is 110 Å². The molecule has 1 atom stereocenters. The van der Waals surface area contributed by atoms with Crippen LogP contribution in [-0.4, -0.2) is 54.1 Å². The molecule has 0 spiro atoms. The van der Waals surface area contributed by atoms with Crippen molar-refractivity contribution >= 4 is 17.8 Å². The summed E-state index contributed by atoms with van der Waals surface area (Å²) in [7, 11) is 1.53. The largest absolute Gasteiger partial charge is 0.481 e. The molecule has 1 aliphatic rings. The molecule has 0 bridgehead atoms. The van der Waals surface area contributed by atoms with Crippen molar-refractivity contribution in [2.24, 2.45) is 5.73 Å². The molecule has 7 heteroatoms. The molecule has 0 aromatic heterocycles. The Morgan fingerprint density at radius 1 is 1.59 bits per heavy atom. The fourth-order valence-corrected chi connectivity index (χ4v) is 1.28. The van der Waals surface area contributed by atoms with Crippen LogP contribution in [0.3, 0.4) is 0 Å². The lowest BCUT2D eigenvalue weighted by Crippen LogP contribution is -2.52. The highest BCUT2D eigenvalue weighted by Crippen LogP contribution is 2.10. The molecule has 0 aromatic carbocycles. The third-order valence-electron chi connectivity index (χ3n) is 2.07. The molecule has 0 aromatic rings. The van der Waals surface area contributed by atoms with Crippen LogP contribution in [0.5, 0.6) is 0 Å². The van der Waals surface area contributed by atoms with Gasteiger partial charge in [-0.1, -0.05) is 0 Å². The monoisotopic (exact) mass is 246 g/mol. The van der Waals surface area contributed by atoms with E-state index in [0.29, 0.717) is 26.0 Å². The number of hydrogen-bond donors (Lipinski definition) is 2. The summed E-state index contributed by atoms with van der Waals surface area (Å²) in [6, 6.07) is -0.519. The zero-order valence-electron chi connectivity index (χ0n) is 10.0. The summed E-state index contributed by atoms with van der Waals surface area (Å²) < 4.78 is 4.79. The minimum Gasteiger partial charge on any atom is -0.481 e. The van der Waals surface area contributed by atoms with E-state index in [1.54, 1.807) is 0 Å². The fourth-order valence-electron chi connectivity index (χ4n) is 1.28. The SMILES string of the molecule is CC(=O)O.COCCN1C(=O)CCC(N)C1=O. The van der Waals surface area contributed by atoms with Gasteiger partial charge in [0.15, 0.2) is 0 Å². The van der Waals surface area contributed by atoms with E-state index in [4.69, 9.17) is 20.4 Å². The Balaban J connectivity index is 0.000000557. The van der Waals surface area contributed by atoms with Crippen LogP contribution in [0.25, 0.3) is 0 Å². The number of imide groups is 1. The van der Waals surface area contributed by atoms with Crippen LogP contribution >= 0.6 is 0 Å². The molecule has 0 saturated carbocycles. The number of nitrogens with two attached hydrogens (primary N) is 1. The maximum atomic E-state index is 11.4. The molecule has 1 aliphatic heterocycles. The lowest BCUT2D eigenvalue weighted by atomic mass is 10.1. The van der Waals surface area contributed by atoms with E-state index in [9.17, 15) is 9.59 Å². The Hall–Kier alpha value is -1.47. The summed E-state index contributed by atoms with van der Waals surface area (Å²) in [5.41, 5.74) is 5.52. The van der Waals surface area contributed by atoms with Gasteiger partial charge in [-0.3, -0.25) is 19.3 Å². The van der Waals surface area contributed by atoms with E-state index in [1.165, 1.54) is 12.0 Å². The van der Waals surface area contributed by atoms with Crippen LogP contribution in [0.15, 0.2) is 0 Å². The van der Waals surface area contributed by atoms with E-state index < -0.39 is 12.0 Å². The molecule has 98 valence electrons. The minimum absolute atomic E-state index is 0.149.